The number of amides is 2. The van der Waals surface area contributed by atoms with Crippen molar-refractivity contribution in [1.82, 2.24) is 15.3 Å². The van der Waals surface area contributed by atoms with Crippen LogP contribution in [0.4, 0.5) is 5.82 Å². The van der Waals surface area contributed by atoms with Crippen LogP contribution in [0.5, 0.6) is 0 Å². The predicted octanol–water partition coefficient (Wildman–Crippen LogP) is 4.56. The van der Waals surface area contributed by atoms with Gasteiger partial charge in [-0.25, -0.2) is 9.97 Å². The van der Waals surface area contributed by atoms with E-state index in [2.05, 4.69) is 20.6 Å². The lowest BCUT2D eigenvalue weighted by molar-refractivity contribution is -0.120. The number of carbonyl (C=O) groups is 2. The number of hydrogen-bond acceptors (Lipinski definition) is 5. The molecular weight excluding hydrogens is 396 g/mol. The maximum absolute atomic E-state index is 12.5. The SMILES string of the molecule is CC(=O)NC(CC(=O)Nc1ccc(-c2nc3ccccc3s2)cn1)c1ccccc1. The van der Waals surface area contributed by atoms with Crippen LogP contribution in [0, 0.1) is 0 Å². The van der Waals surface area contributed by atoms with Crippen molar-refractivity contribution in [3.8, 4) is 10.6 Å². The van der Waals surface area contributed by atoms with Gasteiger partial charge in [-0.05, 0) is 29.8 Å². The molecule has 0 saturated carbocycles. The van der Waals surface area contributed by atoms with E-state index in [1.165, 1.54) is 6.92 Å². The molecule has 0 aliphatic rings. The van der Waals surface area contributed by atoms with Gasteiger partial charge < -0.3 is 10.6 Å². The number of anilines is 1. The summed E-state index contributed by atoms with van der Waals surface area (Å²) in [5, 5.41) is 6.52. The van der Waals surface area contributed by atoms with Crippen LogP contribution in [-0.4, -0.2) is 21.8 Å². The molecule has 6 nitrogen and oxygen atoms in total. The summed E-state index contributed by atoms with van der Waals surface area (Å²) < 4.78 is 1.12. The topological polar surface area (TPSA) is 84.0 Å². The van der Waals surface area contributed by atoms with Gasteiger partial charge in [-0.3, -0.25) is 9.59 Å². The number of nitrogens with zero attached hydrogens (tertiary/aromatic N) is 2. The largest absolute Gasteiger partial charge is 0.349 e. The fraction of sp³-hybridized carbons (Fsp3) is 0.130. The van der Waals surface area contributed by atoms with E-state index < -0.39 is 6.04 Å². The van der Waals surface area contributed by atoms with Crippen molar-refractivity contribution < 1.29 is 9.59 Å². The number of pyridine rings is 1. The third-order valence-electron chi connectivity index (χ3n) is 4.54. The van der Waals surface area contributed by atoms with Crippen molar-refractivity contribution in [2.24, 2.45) is 0 Å². The smallest absolute Gasteiger partial charge is 0.227 e. The van der Waals surface area contributed by atoms with Gasteiger partial charge in [0.25, 0.3) is 0 Å². The third kappa shape index (κ3) is 4.69. The van der Waals surface area contributed by atoms with E-state index in [-0.39, 0.29) is 18.2 Å². The summed E-state index contributed by atoms with van der Waals surface area (Å²) in [6, 6.07) is 20.7. The van der Waals surface area contributed by atoms with Gasteiger partial charge in [-0.1, -0.05) is 42.5 Å². The van der Waals surface area contributed by atoms with Crippen LogP contribution in [0.2, 0.25) is 0 Å². The zero-order chi connectivity index (χ0) is 20.9. The minimum absolute atomic E-state index is 0.116. The number of para-hydroxylation sites is 1. The normalized spacial score (nSPS) is 11.8. The molecule has 0 radical (unpaired) electrons. The van der Waals surface area contributed by atoms with Crippen molar-refractivity contribution in [2.75, 3.05) is 5.32 Å². The Morgan fingerprint density at radius 1 is 1.00 bits per heavy atom. The van der Waals surface area contributed by atoms with Gasteiger partial charge in [0.05, 0.1) is 22.7 Å². The maximum atomic E-state index is 12.5. The van der Waals surface area contributed by atoms with E-state index >= 15 is 0 Å². The first-order valence-corrected chi connectivity index (χ1v) is 10.3. The number of aromatic nitrogens is 2. The number of thiazole rings is 1. The highest BCUT2D eigenvalue weighted by Crippen LogP contribution is 2.30. The molecule has 2 heterocycles. The fourth-order valence-corrected chi connectivity index (χ4v) is 4.11. The van der Waals surface area contributed by atoms with E-state index in [0.29, 0.717) is 5.82 Å². The van der Waals surface area contributed by atoms with Gasteiger partial charge >= 0.3 is 0 Å². The molecule has 2 aromatic heterocycles. The Labute approximate surface area is 178 Å². The van der Waals surface area contributed by atoms with Gasteiger partial charge in [-0.2, -0.15) is 0 Å². The molecular formula is C23H20N4O2S. The lowest BCUT2D eigenvalue weighted by Crippen LogP contribution is -2.29. The third-order valence-corrected chi connectivity index (χ3v) is 5.63. The molecule has 4 rings (SSSR count). The molecule has 4 aromatic rings. The molecule has 1 atom stereocenters. The molecule has 2 aromatic carbocycles. The summed E-state index contributed by atoms with van der Waals surface area (Å²) in [6.07, 6.45) is 1.82. The molecule has 2 N–H and O–H groups in total. The highest BCUT2D eigenvalue weighted by Gasteiger charge is 2.17. The van der Waals surface area contributed by atoms with E-state index in [1.807, 2.05) is 60.7 Å². The van der Waals surface area contributed by atoms with Crippen LogP contribution < -0.4 is 10.6 Å². The van der Waals surface area contributed by atoms with Crippen molar-refractivity contribution in [3.63, 3.8) is 0 Å². The van der Waals surface area contributed by atoms with Crippen molar-refractivity contribution in [2.45, 2.75) is 19.4 Å². The quantitative estimate of drug-likeness (QED) is 0.482. The highest BCUT2D eigenvalue weighted by molar-refractivity contribution is 7.21. The van der Waals surface area contributed by atoms with Gasteiger partial charge in [0.1, 0.15) is 10.8 Å². The second kappa shape index (κ2) is 8.84. The van der Waals surface area contributed by atoms with Crippen LogP contribution in [0.3, 0.4) is 0 Å². The lowest BCUT2D eigenvalue weighted by atomic mass is 10.0. The molecule has 0 aliphatic heterocycles. The van der Waals surface area contributed by atoms with Crippen molar-refractivity contribution in [3.05, 3.63) is 78.5 Å². The first-order valence-electron chi connectivity index (χ1n) is 9.52. The number of fused-ring (bicyclic) bond motifs is 1. The Bertz CT molecular complexity index is 1140. The minimum atomic E-state index is -0.397. The molecule has 30 heavy (non-hydrogen) atoms. The average Bonchev–Trinajstić information content (AvgIpc) is 3.18. The summed E-state index contributed by atoms with van der Waals surface area (Å²) in [4.78, 5) is 33.1. The zero-order valence-electron chi connectivity index (χ0n) is 16.3. The van der Waals surface area contributed by atoms with Crippen LogP contribution >= 0.6 is 11.3 Å². The van der Waals surface area contributed by atoms with Gasteiger partial charge in [0.15, 0.2) is 0 Å². The van der Waals surface area contributed by atoms with E-state index in [0.717, 1.165) is 26.4 Å². The van der Waals surface area contributed by atoms with Crippen molar-refractivity contribution >= 4 is 39.2 Å². The first kappa shape index (κ1) is 19.7. The predicted molar refractivity (Wildman–Crippen MR) is 119 cm³/mol. The molecule has 0 saturated heterocycles. The van der Waals surface area contributed by atoms with E-state index in [1.54, 1.807) is 23.6 Å². The van der Waals surface area contributed by atoms with Gasteiger partial charge in [0, 0.05) is 18.7 Å². The van der Waals surface area contributed by atoms with E-state index in [9.17, 15) is 9.59 Å². The Hall–Kier alpha value is -3.58. The molecule has 7 heteroatoms. The molecule has 0 bridgehead atoms. The number of carbonyl (C=O) groups excluding carboxylic acids is 2. The summed E-state index contributed by atoms with van der Waals surface area (Å²) in [6.45, 7) is 1.44. The first-order chi connectivity index (χ1) is 14.6. The highest BCUT2D eigenvalue weighted by atomic mass is 32.1. The standard InChI is InChI=1S/C23H20N4O2S/c1-15(28)25-19(16-7-3-2-4-8-16)13-22(29)27-21-12-11-17(14-24-21)23-26-18-9-5-6-10-20(18)30-23/h2-12,14,19H,13H2,1H3,(H,25,28)(H,24,27,29). The number of rotatable bonds is 6. The summed E-state index contributed by atoms with van der Waals surface area (Å²) in [7, 11) is 0. The molecule has 2 amide bonds. The van der Waals surface area contributed by atoms with Crippen molar-refractivity contribution in [1.29, 1.82) is 0 Å². The summed E-state index contributed by atoms with van der Waals surface area (Å²) >= 11 is 1.60. The Morgan fingerprint density at radius 2 is 1.77 bits per heavy atom. The summed E-state index contributed by atoms with van der Waals surface area (Å²) in [5.41, 5.74) is 2.73. The molecule has 1 unspecified atom stereocenters. The van der Waals surface area contributed by atoms with Crippen LogP contribution in [0.25, 0.3) is 20.8 Å². The Balaban J connectivity index is 1.44. The number of hydrogen-bond donors (Lipinski definition) is 2. The Morgan fingerprint density at radius 3 is 2.47 bits per heavy atom. The number of benzene rings is 2. The Kier molecular flexibility index (Phi) is 5.81. The van der Waals surface area contributed by atoms with Crippen LogP contribution in [0.1, 0.15) is 24.9 Å². The molecule has 150 valence electrons. The molecule has 0 spiro atoms. The van der Waals surface area contributed by atoms with E-state index in [4.69, 9.17) is 0 Å². The fourth-order valence-electron chi connectivity index (χ4n) is 3.15. The van der Waals surface area contributed by atoms with Crippen LogP contribution in [-0.2, 0) is 9.59 Å². The van der Waals surface area contributed by atoms with Crippen LogP contribution in [0.15, 0.2) is 72.9 Å². The van der Waals surface area contributed by atoms with Gasteiger partial charge in [-0.15, -0.1) is 11.3 Å². The minimum Gasteiger partial charge on any atom is -0.349 e. The zero-order valence-corrected chi connectivity index (χ0v) is 17.1. The maximum Gasteiger partial charge on any atom is 0.227 e. The van der Waals surface area contributed by atoms with Gasteiger partial charge in [0.2, 0.25) is 11.8 Å². The summed E-state index contributed by atoms with van der Waals surface area (Å²) in [5.74, 6) is 0.0484. The monoisotopic (exact) mass is 416 g/mol. The second-order valence-corrected chi connectivity index (χ2v) is 7.87. The average molecular weight is 417 g/mol. The molecule has 0 fully saturated rings. The second-order valence-electron chi connectivity index (χ2n) is 6.83. The lowest BCUT2D eigenvalue weighted by Gasteiger charge is -2.18. The number of nitrogens with one attached hydrogen (secondary N) is 2. The molecule has 0 aliphatic carbocycles.